The van der Waals surface area contributed by atoms with Crippen molar-refractivity contribution in [1.29, 1.82) is 0 Å². The summed E-state index contributed by atoms with van der Waals surface area (Å²) < 4.78 is 17.7. The number of nitrogens with zero attached hydrogens (tertiary/aromatic N) is 2. The Hall–Kier alpha value is -2.96. The normalized spacial score (nSPS) is 10.8. The lowest BCUT2D eigenvalue weighted by molar-refractivity contribution is -0.385. The molecule has 0 heterocycles. The number of phenols is 1. The second-order valence-electron chi connectivity index (χ2n) is 4.08. The van der Waals surface area contributed by atoms with Crippen LogP contribution in [0, 0.1) is 15.9 Å². The van der Waals surface area contributed by atoms with Gasteiger partial charge in [-0.3, -0.25) is 15.1 Å². The fourth-order valence-electron chi connectivity index (χ4n) is 1.64. The van der Waals surface area contributed by atoms with E-state index in [9.17, 15) is 19.6 Å². The maximum Gasteiger partial charge on any atom is 0.315 e. The maximum absolute atomic E-state index is 12.8. The molecule has 1 N–H and O–H groups in total. The lowest BCUT2D eigenvalue weighted by atomic mass is 10.1. The number of aliphatic imine (C=N–C) groups is 1. The fourth-order valence-corrected chi connectivity index (χ4v) is 1.64. The molecular formula is C14H11FN2O4. The molecule has 0 atom stereocenters. The minimum atomic E-state index is -0.715. The average molecular weight is 290 g/mol. The number of benzene rings is 2. The molecule has 0 saturated carbocycles. The van der Waals surface area contributed by atoms with Gasteiger partial charge in [0, 0.05) is 11.8 Å². The van der Waals surface area contributed by atoms with Crippen molar-refractivity contribution in [3.63, 3.8) is 0 Å². The summed E-state index contributed by atoms with van der Waals surface area (Å²) >= 11 is 0. The van der Waals surface area contributed by atoms with Gasteiger partial charge < -0.3 is 9.84 Å². The largest absolute Gasteiger partial charge is 0.502 e. The number of methoxy groups -OCH3 is 1. The number of nitro benzene ring substituents is 1. The molecule has 0 spiro atoms. The number of hydrogen-bond acceptors (Lipinski definition) is 5. The highest BCUT2D eigenvalue weighted by molar-refractivity contribution is 5.88. The molecule has 2 aromatic carbocycles. The Morgan fingerprint density at radius 1 is 1.33 bits per heavy atom. The van der Waals surface area contributed by atoms with Gasteiger partial charge in [-0.1, -0.05) is 0 Å². The Bertz CT molecular complexity index is 699. The number of hydrogen-bond donors (Lipinski definition) is 1. The molecule has 0 fully saturated rings. The number of ether oxygens (including phenoxy) is 1. The monoisotopic (exact) mass is 290 g/mol. The fraction of sp³-hybridized carbons (Fsp3) is 0.0714. The van der Waals surface area contributed by atoms with Crippen molar-refractivity contribution in [2.75, 3.05) is 7.11 Å². The van der Waals surface area contributed by atoms with Crippen LogP contribution in [0.15, 0.2) is 41.4 Å². The second-order valence-corrected chi connectivity index (χ2v) is 4.08. The van der Waals surface area contributed by atoms with Crippen molar-refractivity contribution >= 4 is 17.6 Å². The van der Waals surface area contributed by atoms with E-state index in [1.807, 2.05) is 0 Å². The average Bonchev–Trinajstić information content (AvgIpc) is 2.47. The van der Waals surface area contributed by atoms with Gasteiger partial charge in [0.15, 0.2) is 0 Å². The Labute approximate surface area is 119 Å². The minimum absolute atomic E-state index is 0.130. The van der Waals surface area contributed by atoms with E-state index in [4.69, 9.17) is 4.74 Å². The molecule has 21 heavy (non-hydrogen) atoms. The van der Waals surface area contributed by atoms with E-state index >= 15 is 0 Å². The molecule has 0 amide bonds. The van der Waals surface area contributed by atoms with Crippen LogP contribution in [0.3, 0.4) is 0 Å². The summed E-state index contributed by atoms with van der Waals surface area (Å²) in [5.41, 5.74) is 0.0987. The van der Waals surface area contributed by atoms with Gasteiger partial charge in [0.2, 0.25) is 5.75 Å². The zero-order valence-electron chi connectivity index (χ0n) is 11.0. The topological polar surface area (TPSA) is 85.0 Å². The summed E-state index contributed by atoms with van der Waals surface area (Å²) in [5, 5.41) is 20.7. The van der Waals surface area contributed by atoms with E-state index in [1.165, 1.54) is 43.7 Å². The molecule has 0 saturated heterocycles. The van der Waals surface area contributed by atoms with Gasteiger partial charge in [-0.2, -0.15) is 0 Å². The van der Waals surface area contributed by atoms with Gasteiger partial charge in [0.05, 0.1) is 23.8 Å². The first kappa shape index (κ1) is 14.4. The predicted molar refractivity (Wildman–Crippen MR) is 75.0 cm³/mol. The van der Waals surface area contributed by atoms with Crippen molar-refractivity contribution in [2.45, 2.75) is 0 Å². The SMILES string of the molecule is COc1cc(C=Nc2ccc(F)cc2)c(O)c([N+](=O)[O-])c1. The zero-order valence-corrected chi connectivity index (χ0v) is 11.0. The Kier molecular flexibility index (Phi) is 4.13. The molecule has 2 rings (SSSR count). The van der Waals surface area contributed by atoms with E-state index < -0.39 is 22.2 Å². The van der Waals surface area contributed by atoms with Crippen LogP contribution in [0.5, 0.6) is 11.5 Å². The van der Waals surface area contributed by atoms with Gasteiger partial charge in [-0.05, 0) is 30.3 Å². The summed E-state index contributed by atoms with van der Waals surface area (Å²) in [6.07, 6.45) is 1.25. The Morgan fingerprint density at radius 2 is 2.00 bits per heavy atom. The highest BCUT2D eigenvalue weighted by Gasteiger charge is 2.18. The zero-order chi connectivity index (χ0) is 15.4. The molecule has 0 bridgehead atoms. The number of aromatic hydroxyl groups is 1. The van der Waals surface area contributed by atoms with Crippen molar-refractivity contribution in [3.05, 3.63) is 57.9 Å². The standard InChI is InChI=1S/C14H11FN2O4/c1-21-12-6-9(14(18)13(7-12)17(19)20)8-16-11-4-2-10(15)3-5-11/h2-8,18H,1H3. The van der Waals surface area contributed by atoms with Crippen LogP contribution in [0.4, 0.5) is 15.8 Å². The quantitative estimate of drug-likeness (QED) is 0.532. The van der Waals surface area contributed by atoms with E-state index in [0.29, 0.717) is 5.69 Å². The number of halogens is 1. The third-order valence-electron chi connectivity index (χ3n) is 2.70. The van der Waals surface area contributed by atoms with Crippen molar-refractivity contribution in [2.24, 2.45) is 4.99 Å². The molecular weight excluding hydrogens is 279 g/mol. The van der Waals surface area contributed by atoms with E-state index in [-0.39, 0.29) is 11.3 Å². The molecule has 0 aliphatic rings. The Morgan fingerprint density at radius 3 is 2.57 bits per heavy atom. The lowest BCUT2D eigenvalue weighted by Gasteiger charge is -2.04. The van der Waals surface area contributed by atoms with Gasteiger partial charge in [-0.25, -0.2) is 4.39 Å². The predicted octanol–water partition coefficient (Wildman–Crippen LogP) is 3.20. The van der Waals surface area contributed by atoms with Crippen LogP contribution in [0.1, 0.15) is 5.56 Å². The maximum atomic E-state index is 12.8. The number of phenolic OH excluding ortho intramolecular Hbond substituents is 1. The smallest absolute Gasteiger partial charge is 0.315 e. The van der Waals surface area contributed by atoms with Gasteiger partial charge in [-0.15, -0.1) is 0 Å². The first-order valence-electron chi connectivity index (χ1n) is 5.86. The first-order valence-corrected chi connectivity index (χ1v) is 5.86. The van der Waals surface area contributed by atoms with E-state index in [1.54, 1.807) is 0 Å². The molecule has 2 aromatic rings. The van der Waals surface area contributed by atoms with Crippen molar-refractivity contribution in [1.82, 2.24) is 0 Å². The molecule has 0 aliphatic heterocycles. The van der Waals surface area contributed by atoms with Crippen LogP contribution in [-0.2, 0) is 0 Å². The van der Waals surface area contributed by atoms with Crippen molar-refractivity contribution < 1.29 is 19.2 Å². The second kappa shape index (κ2) is 6.00. The molecule has 0 radical (unpaired) electrons. The summed E-state index contributed by atoms with van der Waals surface area (Å²) in [7, 11) is 1.36. The van der Waals surface area contributed by atoms with Crippen molar-refractivity contribution in [3.8, 4) is 11.5 Å². The summed E-state index contributed by atoms with van der Waals surface area (Å²) in [6.45, 7) is 0. The van der Waals surface area contributed by atoms with Crippen LogP contribution in [-0.4, -0.2) is 23.4 Å². The van der Waals surface area contributed by atoms with Crippen LogP contribution >= 0.6 is 0 Å². The Balaban J connectivity index is 2.41. The van der Waals surface area contributed by atoms with Gasteiger partial charge >= 0.3 is 5.69 Å². The van der Waals surface area contributed by atoms with E-state index in [0.717, 1.165) is 6.07 Å². The van der Waals surface area contributed by atoms with Gasteiger partial charge in [0.25, 0.3) is 0 Å². The van der Waals surface area contributed by atoms with Crippen LogP contribution in [0.2, 0.25) is 0 Å². The first-order chi connectivity index (χ1) is 10.0. The summed E-state index contributed by atoms with van der Waals surface area (Å²) in [6, 6.07) is 7.88. The summed E-state index contributed by atoms with van der Waals surface area (Å²) in [5.74, 6) is -0.680. The molecule has 108 valence electrons. The van der Waals surface area contributed by atoms with Crippen LogP contribution < -0.4 is 4.74 Å². The lowest BCUT2D eigenvalue weighted by Crippen LogP contribution is -1.94. The number of nitro groups is 1. The minimum Gasteiger partial charge on any atom is -0.502 e. The molecule has 0 aromatic heterocycles. The summed E-state index contributed by atoms with van der Waals surface area (Å²) in [4.78, 5) is 14.2. The highest BCUT2D eigenvalue weighted by atomic mass is 19.1. The molecule has 0 aliphatic carbocycles. The van der Waals surface area contributed by atoms with Gasteiger partial charge in [0.1, 0.15) is 11.6 Å². The third-order valence-corrected chi connectivity index (χ3v) is 2.70. The molecule has 7 heteroatoms. The third kappa shape index (κ3) is 3.33. The molecule has 6 nitrogen and oxygen atoms in total. The van der Waals surface area contributed by atoms with E-state index in [2.05, 4.69) is 4.99 Å². The highest BCUT2D eigenvalue weighted by Crippen LogP contribution is 2.33. The molecule has 0 unspecified atom stereocenters. The van der Waals surface area contributed by atoms with Crippen LogP contribution in [0.25, 0.3) is 0 Å². The number of rotatable bonds is 4.